The van der Waals surface area contributed by atoms with Gasteiger partial charge in [-0.25, -0.2) is 9.78 Å². The summed E-state index contributed by atoms with van der Waals surface area (Å²) in [6.07, 6.45) is 2.79. The minimum Gasteiger partial charge on any atom is -0.440 e. The minimum absolute atomic E-state index is 0.162. The highest BCUT2D eigenvalue weighted by Gasteiger charge is 2.32. The van der Waals surface area contributed by atoms with E-state index in [2.05, 4.69) is 15.6 Å². The molecule has 0 spiro atoms. The Kier molecular flexibility index (Phi) is 3.46. The fraction of sp³-hybridized carbons (Fsp3) is 0.500. The third-order valence-corrected chi connectivity index (χ3v) is 4.25. The number of ether oxygens (including phenoxy) is 1. The van der Waals surface area contributed by atoms with E-state index in [1.807, 2.05) is 6.07 Å². The lowest BCUT2D eigenvalue weighted by atomic mass is 10.0. The summed E-state index contributed by atoms with van der Waals surface area (Å²) in [6.45, 7) is 0.932. The number of benzene rings is 1. The van der Waals surface area contributed by atoms with Crippen molar-refractivity contribution in [1.82, 2.24) is 10.3 Å². The van der Waals surface area contributed by atoms with Gasteiger partial charge in [0.05, 0.1) is 13.2 Å². The van der Waals surface area contributed by atoms with Crippen LogP contribution in [0.25, 0.3) is 11.1 Å². The molecule has 4 rings (SSSR count). The Morgan fingerprint density at radius 2 is 2.30 bits per heavy atom. The lowest BCUT2D eigenvalue weighted by Crippen LogP contribution is -2.44. The summed E-state index contributed by atoms with van der Waals surface area (Å²) in [4.78, 5) is 16.4. The molecule has 0 radical (unpaired) electrons. The van der Waals surface area contributed by atoms with E-state index in [9.17, 15) is 9.90 Å². The largest absolute Gasteiger partial charge is 0.440 e. The molecule has 1 saturated carbocycles. The molecule has 2 heterocycles. The molecule has 1 atom stereocenters. The van der Waals surface area contributed by atoms with Crippen LogP contribution in [-0.4, -0.2) is 41.5 Å². The van der Waals surface area contributed by atoms with Crippen LogP contribution in [0.4, 0.5) is 10.5 Å². The molecule has 7 nitrogen and oxygen atoms in total. The van der Waals surface area contributed by atoms with E-state index in [0.29, 0.717) is 30.2 Å². The van der Waals surface area contributed by atoms with Gasteiger partial charge in [-0.3, -0.25) is 0 Å². The van der Waals surface area contributed by atoms with Gasteiger partial charge in [-0.2, -0.15) is 0 Å². The van der Waals surface area contributed by atoms with Gasteiger partial charge in [-0.05, 0) is 25.0 Å². The Bertz CT molecular complexity index is 732. The van der Waals surface area contributed by atoms with E-state index in [0.717, 1.165) is 24.2 Å². The molecule has 1 aliphatic heterocycles. The number of anilines is 1. The average Bonchev–Trinajstić information content (AvgIpc) is 3.16. The van der Waals surface area contributed by atoms with E-state index < -0.39 is 5.60 Å². The Morgan fingerprint density at radius 1 is 1.43 bits per heavy atom. The second-order valence-electron chi connectivity index (χ2n) is 6.34. The number of nitrogens with zero attached hydrogens (tertiary/aromatic N) is 1. The monoisotopic (exact) mass is 317 g/mol. The predicted molar refractivity (Wildman–Crippen MR) is 83.4 cm³/mol. The van der Waals surface area contributed by atoms with E-state index in [1.54, 1.807) is 12.1 Å². The van der Waals surface area contributed by atoms with Gasteiger partial charge < -0.3 is 24.9 Å². The van der Waals surface area contributed by atoms with Gasteiger partial charge in [0, 0.05) is 30.7 Å². The van der Waals surface area contributed by atoms with Crippen LogP contribution in [0.2, 0.25) is 0 Å². The molecule has 2 aromatic rings. The van der Waals surface area contributed by atoms with Crippen LogP contribution in [-0.2, 0) is 4.74 Å². The van der Waals surface area contributed by atoms with Crippen molar-refractivity contribution in [1.29, 1.82) is 0 Å². The van der Waals surface area contributed by atoms with E-state index in [4.69, 9.17) is 9.15 Å². The van der Waals surface area contributed by atoms with Crippen LogP contribution in [0.5, 0.6) is 0 Å². The Morgan fingerprint density at radius 3 is 3.04 bits per heavy atom. The first-order chi connectivity index (χ1) is 11.1. The number of carbonyl (C=O) groups is 1. The van der Waals surface area contributed by atoms with Gasteiger partial charge in [-0.15, -0.1) is 0 Å². The van der Waals surface area contributed by atoms with Gasteiger partial charge >= 0.3 is 6.03 Å². The number of hydrogen-bond donors (Lipinski definition) is 3. The number of oxazole rings is 1. The third kappa shape index (κ3) is 3.16. The average molecular weight is 317 g/mol. The van der Waals surface area contributed by atoms with Crippen molar-refractivity contribution in [2.45, 2.75) is 30.8 Å². The maximum absolute atomic E-state index is 12.0. The van der Waals surface area contributed by atoms with Gasteiger partial charge in [0.15, 0.2) is 11.5 Å². The molecule has 1 aliphatic carbocycles. The molecule has 2 amide bonds. The highest BCUT2D eigenvalue weighted by molar-refractivity contribution is 5.91. The van der Waals surface area contributed by atoms with Crippen molar-refractivity contribution >= 4 is 22.8 Å². The number of carbonyl (C=O) groups excluding carboxylic acids is 1. The van der Waals surface area contributed by atoms with Crippen molar-refractivity contribution in [2.75, 3.05) is 25.1 Å². The number of rotatable bonds is 4. The van der Waals surface area contributed by atoms with Crippen molar-refractivity contribution in [3.8, 4) is 0 Å². The fourth-order valence-electron chi connectivity index (χ4n) is 2.68. The van der Waals surface area contributed by atoms with Crippen LogP contribution in [0.15, 0.2) is 22.6 Å². The molecule has 2 fully saturated rings. The second-order valence-corrected chi connectivity index (χ2v) is 6.34. The van der Waals surface area contributed by atoms with Gasteiger partial charge in [0.1, 0.15) is 11.1 Å². The molecule has 122 valence electrons. The molecule has 1 aromatic carbocycles. The molecular weight excluding hydrogens is 298 g/mol. The zero-order valence-electron chi connectivity index (χ0n) is 12.7. The number of urea groups is 1. The summed E-state index contributed by atoms with van der Waals surface area (Å²) in [5, 5.41) is 15.5. The summed E-state index contributed by atoms with van der Waals surface area (Å²) in [6, 6.07) is 5.01. The summed E-state index contributed by atoms with van der Waals surface area (Å²) in [5.41, 5.74) is 1.14. The summed E-state index contributed by atoms with van der Waals surface area (Å²) >= 11 is 0. The summed E-state index contributed by atoms with van der Waals surface area (Å²) in [5.74, 6) is 1.24. The minimum atomic E-state index is -0.967. The van der Waals surface area contributed by atoms with Gasteiger partial charge in [-0.1, -0.05) is 0 Å². The maximum Gasteiger partial charge on any atom is 0.319 e. The molecule has 1 unspecified atom stereocenters. The molecule has 2 aliphatic rings. The number of nitrogens with one attached hydrogen (secondary N) is 2. The lowest BCUT2D eigenvalue weighted by Gasteiger charge is -2.20. The molecule has 23 heavy (non-hydrogen) atoms. The molecule has 1 aromatic heterocycles. The first-order valence-corrected chi connectivity index (χ1v) is 7.87. The highest BCUT2D eigenvalue weighted by Crippen LogP contribution is 2.40. The normalized spacial score (nSPS) is 24.0. The Balaban J connectivity index is 1.39. The first kappa shape index (κ1) is 14.5. The van der Waals surface area contributed by atoms with Crippen LogP contribution in [0.3, 0.4) is 0 Å². The summed E-state index contributed by atoms with van der Waals surface area (Å²) in [7, 11) is 0. The van der Waals surface area contributed by atoms with Crippen LogP contribution >= 0.6 is 0 Å². The quantitative estimate of drug-likeness (QED) is 0.801. The standard InChI is InChI=1S/C16H19N3O4/c20-15(17-8-16(21)5-6-22-9-16)18-11-3-4-12-13(7-11)23-14(19-12)10-1-2-10/h3-4,7,10,21H,1-2,5-6,8-9H2,(H2,17,18,20). The number of fused-ring (bicyclic) bond motifs is 1. The number of hydrogen-bond acceptors (Lipinski definition) is 5. The molecule has 3 N–H and O–H groups in total. The van der Waals surface area contributed by atoms with Crippen LogP contribution in [0.1, 0.15) is 31.1 Å². The van der Waals surface area contributed by atoms with E-state index in [-0.39, 0.29) is 19.2 Å². The maximum atomic E-state index is 12.0. The van der Waals surface area contributed by atoms with Crippen molar-refractivity contribution in [2.24, 2.45) is 0 Å². The SMILES string of the molecule is O=C(NCC1(O)CCOC1)Nc1ccc2nc(C3CC3)oc2c1. The van der Waals surface area contributed by atoms with Crippen molar-refractivity contribution in [3.05, 3.63) is 24.1 Å². The van der Waals surface area contributed by atoms with E-state index in [1.165, 1.54) is 0 Å². The topological polar surface area (TPSA) is 96.6 Å². The zero-order chi connectivity index (χ0) is 15.9. The number of aliphatic hydroxyl groups is 1. The molecule has 1 saturated heterocycles. The predicted octanol–water partition coefficient (Wildman–Crippen LogP) is 1.98. The smallest absolute Gasteiger partial charge is 0.319 e. The summed E-state index contributed by atoms with van der Waals surface area (Å²) < 4.78 is 10.9. The Labute approximate surface area is 133 Å². The van der Waals surface area contributed by atoms with Crippen molar-refractivity contribution in [3.63, 3.8) is 0 Å². The first-order valence-electron chi connectivity index (χ1n) is 7.87. The third-order valence-electron chi connectivity index (χ3n) is 4.25. The number of amides is 2. The zero-order valence-corrected chi connectivity index (χ0v) is 12.7. The molecular formula is C16H19N3O4. The second kappa shape index (κ2) is 5.50. The van der Waals surface area contributed by atoms with E-state index >= 15 is 0 Å². The highest BCUT2D eigenvalue weighted by atomic mass is 16.5. The fourth-order valence-corrected chi connectivity index (χ4v) is 2.68. The lowest BCUT2D eigenvalue weighted by molar-refractivity contribution is 0.0295. The molecule has 0 bridgehead atoms. The molecule has 7 heteroatoms. The van der Waals surface area contributed by atoms with Gasteiger partial charge in [0.25, 0.3) is 0 Å². The number of aromatic nitrogens is 1. The van der Waals surface area contributed by atoms with Gasteiger partial charge in [0.2, 0.25) is 0 Å². The van der Waals surface area contributed by atoms with Crippen LogP contribution in [0, 0.1) is 0 Å². The Hall–Kier alpha value is -2.12. The van der Waals surface area contributed by atoms with Crippen LogP contribution < -0.4 is 10.6 Å². The van der Waals surface area contributed by atoms with Crippen molar-refractivity contribution < 1.29 is 19.1 Å².